The van der Waals surface area contributed by atoms with Crippen LogP contribution in [0.4, 0.5) is 5.82 Å². The number of nitrogens with zero attached hydrogens (tertiary/aromatic N) is 3. The van der Waals surface area contributed by atoms with Gasteiger partial charge in [-0.3, -0.25) is 4.79 Å². The normalized spacial score (nSPS) is 16.8. The summed E-state index contributed by atoms with van der Waals surface area (Å²) in [5.41, 5.74) is 0.839. The van der Waals surface area contributed by atoms with Crippen LogP contribution >= 0.6 is 11.8 Å². The van der Waals surface area contributed by atoms with Crippen molar-refractivity contribution in [2.45, 2.75) is 30.4 Å². The van der Waals surface area contributed by atoms with Gasteiger partial charge in [0.05, 0.1) is 31.3 Å². The Morgan fingerprint density at radius 3 is 2.90 bits per heavy atom. The average Bonchev–Trinajstić information content (AvgIpc) is 3.46. The van der Waals surface area contributed by atoms with Crippen molar-refractivity contribution in [1.82, 2.24) is 15.3 Å². The predicted octanol–water partition coefficient (Wildman–Crippen LogP) is 2.48. The van der Waals surface area contributed by atoms with E-state index < -0.39 is 0 Å². The quantitative estimate of drug-likeness (QED) is 0.491. The van der Waals surface area contributed by atoms with Crippen molar-refractivity contribution in [3.05, 3.63) is 35.4 Å². The summed E-state index contributed by atoms with van der Waals surface area (Å²) in [6.45, 7) is 4.18. The van der Waals surface area contributed by atoms with Gasteiger partial charge in [-0.05, 0) is 30.9 Å². The van der Waals surface area contributed by atoms with Crippen LogP contribution in [0, 0.1) is 5.92 Å². The summed E-state index contributed by atoms with van der Waals surface area (Å²) < 4.78 is 16.4. The van der Waals surface area contributed by atoms with Gasteiger partial charge in [0.15, 0.2) is 10.9 Å². The molecule has 8 nitrogen and oxygen atoms in total. The lowest BCUT2D eigenvalue weighted by Gasteiger charge is -2.28. The molecule has 3 heterocycles. The molecule has 4 rings (SSSR count). The maximum absolute atomic E-state index is 12.1. The summed E-state index contributed by atoms with van der Waals surface area (Å²) >= 11 is 1.48. The summed E-state index contributed by atoms with van der Waals surface area (Å²) in [6.07, 6.45) is 2.41. The van der Waals surface area contributed by atoms with E-state index in [1.54, 1.807) is 13.2 Å². The van der Waals surface area contributed by atoms with Crippen LogP contribution in [-0.4, -0.2) is 55.8 Å². The van der Waals surface area contributed by atoms with Gasteiger partial charge in [-0.15, -0.1) is 0 Å². The maximum Gasteiger partial charge on any atom is 0.287 e. The fraction of sp³-hybridized carbons (Fsp3) is 0.550. The Balaban J connectivity index is 1.39. The van der Waals surface area contributed by atoms with Crippen molar-refractivity contribution in [3.8, 4) is 0 Å². The zero-order valence-electron chi connectivity index (χ0n) is 16.6. The molecule has 1 aliphatic carbocycles. The highest BCUT2D eigenvalue weighted by molar-refractivity contribution is 7.98. The second-order valence-corrected chi connectivity index (χ2v) is 8.18. The molecule has 0 bridgehead atoms. The SMILES string of the molecule is COCc1cc(N2CCOCC2)nc(SCc2ccc(C(=O)NCC3CC3)o2)n1. The molecule has 0 aromatic carbocycles. The zero-order valence-corrected chi connectivity index (χ0v) is 17.4. The molecule has 2 fully saturated rings. The van der Waals surface area contributed by atoms with E-state index in [1.165, 1.54) is 24.6 Å². The molecule has 29 heavy (non-hydrogen) atoms. The van der Waals surface area contributed by atoms with Crippen LogP contribution in [0.1, 0.15) is 34.9 Å². The number of methoxy groups -OCH3 is 1. The van der Waals surface area contributed by atoms with E-state index in [2.05, 4.69) is 15.2 Å². The minimum Gasteiger partial charge on any atom is -0.455 e. The minimum atomic E-state index is -0.152. The second kappa shape index (κ2) is 9.60. The summed E-state index contributed by atoms with van der Waals surface area (Å²) in [7, 11) is 1.65. The van der Waals surface area contributed by atoms with Crippen molar-refractivity contribution in [2.24, 2.45) is 5.92 Å². The van der Waals surface area contributed by atoms with Gasteiger partial charge in [-0.25, -0.2) is 9.97 Å². The molecule has 0 atom stereocenters. The number of morpholine rings is 1. The molecule has 1 aliphatic heterocycles. The van der Waals surface area contributed by atoms with Crippen LogP contribution in [0.3, 0.4) is 0 Å². The van der Waals surface area contributed by atoms with E-state index in [1.807, 2.05) is 12.1 Å². The molecule has 0 spiro atoms. The first-order valence-corrected chi connectivity index (χ1v) is 10.9. The molecular weight excluding hydrogens is 392 g/mol. The lowest BCUT2D eigenvalue weighted by atomic mass is 10.3. The van der Waals surface area contributed by atoms with Gasteiger partial charge in [-0.2, -0.15) is 0 Å². The van der Waals surface area contributed by atoms with Gasteiger partial charge in [0.1, 0.15) is 11.6 Å². The van der Waals surface area contributed by atoms with Crippen LogP contribution in [0.2, 0.25) is 0 Å². The van der Waals surface area contributed by atoms with Crippen molar-refractivity contribution in [2.75, 3.05) is 44.9 Å². The number of carbonyl (C=O) groups is 1. The average molecular weight is 419 g/mol. The summed E-state index contributed by atoms with van der Waals surface area (Å²) in [4.78, 5) is 23.6. The Labute approximate surface area is 174 Å². The smallest absolute Gasteiger partial charge is 0.287 e. The standard InChI is InChI=1S/C20H26N4O4S/c1-26-12-15-10-18(24-6-8-27-9-7-24)23-20(22-15)29-13-16-4-5-17(28-16)19(25)21-11-14-2-3-14/h4-5,10,14H,2-3,6-9,11-13H2,1H3,(H,21,25). The Morgan fingerprint density at radius 1 is 1.31 bits per heavy atom. The molecule has 1 N–H and O–H groups in total. The van der Waals surface area contributed by atoms with Gasteiger partial charge >= 0.3 is 0 Å². The van der Waals surface area contributed by atoms with E-state index in [0.29, 0.717) is 42.4 Å². The van der Waals surface area contributed by atoms with Gasteiger partial charge in [0.25, 0.3) is 5.91 Å². The topological polar surface area (TPSA) is 89.7 Å². The zero-order chi connectivity index (χ0) is 20.1. The third-order valence-electron chi connectivity index (χ3n) is 4.85. The number of hydrogen-bond donors (Lipinski definition) is 1. The van der Waals surface area contributed by atoms with E-state index in [-0.39, 0.29) is 5.91 Å². The first-order valence-electron chi connectivity index (χ1n) is 9.90. The third kappa shape index (κ3) is 5.71. The largest absolute Gasteiger partial charge is 0.455 e. The van der Waals surface area contributed by atoms with E-state index in [0.717, 1.165) is 36.9 Å². The molecule has 0 unspecified atom stereocenters. The Kier molecular flexibility index (Phi) is 6.68. The first-order chi connectivity index (χ1) is 14.2. The molecule has 9 heteroatoms. The van der Waals surface area contributed by atoms with Crippen LogP contribution in [0.5, 0.6) is 0 Å². The molecule has 156 valence electrons. The molecule has 1 saturated carbocycles. The fourth-order valence-electron chi connectivity index (χ4n) is 3.06. The number of amides is 1. The van der Waals surface area contributed by atoms with Crippen molar-refractivity contribution in [3.63, 3.8) is 0 Å². The lowest BCUT2D eigenvalue weighted by molar-refractivity contribution is 0.0922. The minimum absolute atomic E-state index is 0.152. The Bertz CT molecular complexity index is 834. The second-order valence-electron chi connectivity index (χ2n) is 7.24. The number of furan rings is 1. The van der Waals surface area contributed by atoms with Crippen molar-refractivity contribution >= 4 is 23.5 Å². The van der Waals surface area contributed by atoms with Crippen LogP contribution in [0.25, 0.3) is 0 Å². The Morgan fingerprint density at radius 2 is 2.14 bits per heavy atom. The third-order valence-corrected chi connectivity index (χ3v) is 5.72. The molecule has 2 aliphatic rings. The summed E-state index contributed by atoms with van der Waals surface area (Å²) in [5.74, 6) is 3.00. The molecule has 2 aromatic rings. The molecule has 1 amide bonds. The van der Waals surface area contributed by atoms with Crippen LogP contribution in [-0.2, 0) is 21.8 Å². The summed E-state index contributed by atoms with van der Waals surface area (Å²) in [5, 5.41) is 3.58. The van der Waals surface area contributed by atoms with E-state index in [4.69, 9.17) is 18.9 Å². The monoisotopic (exact) mass is 418 g/mol. The number of anilines is 1. The van der Waals surface area contributed by atoms with Crippen molar-refractivity contribution < 1.29 is 18.7 Å². The highest BCUT2D eigenvalue weighted by atomic mass is 32.2. The Hall–Kier alpha value is -2.10. The van der Waals surface area contributed by atoms with Gasteiger partial charge < -0.3 is 24.1 Å². The van der Waals surface area contributed by atoms with Crippen LogP contribution < -0.4 is 10.2 Å². The number of ether oxygens (including phenoxy) is 2. The van der Waals surface area contributed by atoms with E-state index in [9.17, 15) is 4.79 Å². The number of rotatable bonds is 9. The van der Waals surface area contributed by atoms with Gasteiger partial charge in [0.2, 0.25) is 0 Å². The fourth-order valence-corrected chi connectivity index (χ4v) is 3.83. The van der Waals surface area contributed by atoms with Crippen LogP contribution in [0.15, 0.2) is 27.8 Å². The lowest BCUT2D eigenvalue weighted by Crippen LogP contribution is -2.37. The molecule has 0 radical (unpaired) electrons. The predicted molar refractivity (Wildman–Crippen MR) is 109 cm³/mol. The number of hydrogen-bond acceptors (Lipinski definition) is 8. The molecule has 1 saturated heterocycles. The molecule has 2 aromatic heterocycles. The van der Waals surface area contributed by atoms with Gasteiger partial charge in [-0.1, -0.05) is 11.8 Å². The number of carbonyl (C=O) groups excluding carboxylic acids is 1. The summed E-state index contributed by atoms with van der Waals surface area (Å²) in [6, 6.07) is 5.52. The number of aromatic nitrogens is 2. The highest BCUT2D eigenvalue weighted by Gasteiger charge is 2.22. The highest BCUT2D eigenvalue weighted by Crippen LogP contribution is 2.28. The number of nitrogens with one attached hydrogen (secondary N) is 1. The van der Waals surface area contributed by atoms with Gasteiger partial charge in [0, 0.05) is 32.8 Å². The maximum atomic E-state index is 12.1. The van der Waals surface area contributed by atoms with Crippen molar-refractivity contribution in [1.29, 1.82) is 0 Å². The number of thioether (sulfide) groups is 1. The molecular formula is C20H26N4O4S. The first kappa shape index (κ1) is 20.2. The van der Waals surface area contributed by atoms with E-state index >= 15 is 0 Å².